The molecule has 1 fully saturated rings. The van der Waals surface area contributed by atoms with Crippen LogP contribution in [0.15, 0.2) is 24.3 Å². The molecular weight excluding hydrogens is 342 g/mol. The summed E-state index contributed by atoms with van der Waals surface area (Å²) in [6, 6.07) is 8.21. The van der Waals surface area contributed by atoms with Crippen LogP contribution in [0.1, 0.15) is 53.5 Å². The Morgan fingerprint density at radius 2 is 2.04 bits per heavy atom. The van der Waals surface area contributed by atoms with Crippen LogP contribution >= 0.6 is 0 Å². The summed E-state index contributed by atoms with van der Waals surface area (Å²) in [5.41, 5.74) is 4.79. The predicted octanol–water partition coefficient (Wildman–Crippen LogP) is 2.99. The van der Waals surface area contributed by atoms with E-state index in [0.29, 0.717) is 5.69 Å². The van der Waals surface area contributed by atoms with E-state index in [1.165, 1.54) is 0 Å². The first-order valence-corrected chi connectivity index (χ1v) is 9.68. The van der Waals surface area contributed by atoms with Gasteiger partial charge in [-0.25, -0.2) is 4.68 Å². The molecule has 1 unspecified atom stereocenters. The van der Waals surface area contributed by atoms with Crippen molar-refractivity contribution in [3.63, 3.8) is 0 Å². The number of benzene rings is 1. The van der Waals surface area contributed by atoms with Crippen LogP contribution in [0.5, 0.6) is 0 Å². The Bertz CT molecular complexity index is 898. The number of hydrogen-bond donors (Lipinski definition) is 1. The third kappa shape index (κ3) is 3.24. The molecule has 0 aliphatic heterocycles. The third-order valence-electron chi connectivity index (χ3n) is 5.62. The van der Waals surface area contributed by atoms with Gasteiger partial charge in [0.25, 0.3) is 5.91 Å². The number of fused-ring (bicyclic) bond motifs is 1. The molecule has 6 heteroatoms. The van der Waals surface area contributed by atoms with Gasteiger partial charge in [0.1, 0.15) is 0 Å². The highest BCUT2D eigenvalue weighted by molar-refractivity contribution is 5.95. The number of carboxylic acids is 1. The molecule has 0 spiro atoms. The number of aliphatic carboxylic acids is 1. The van der Waals surface area contributed by atoms with Crippen LogP contribution in [0.3, 0.4) is 0 Å². The van der Waals surface area contributed by atoms with E-state index < -0.39 is 11.9 Å². The first kappa shape index (κ1) is 17.8. The molecule has 0 saturated heterocycles. The molecule has 27 heavy (non-hydrogen) atoms. The molecule has 2 aromatic rings. The lowest BCUT2D eigenvalue weighted by molar-refractivity contribution is -0.141. The summed E-state index contributed by atoms with van der Waals surface area (Å²) in [5.74, 6) is -1.57. The monoisotopic (exact) mass is 367 g/mol. The zero-order chi connectivity index (χ0) is 19.1. The molecule has 1 atom stereocenters. The van der Waals surface area contributed by atoms with Crippen molar-refractivity contribution >= 4 is 11.9 Å². The Balaban J connectivity index is 1.71. The molecule has 1 aromatic carbocycles. The van der Waals surface area contributed by atoms with E-state index >= 15 is 0 Å². The summed E-state index contributed by atoms with van der Waals surface area (Å²) in [7, 11) is 0. The largest absolute Gasteiger partial charge is 0.481 e. The maximum absolute atomic E-state index is 13.3. The Morgan fingerprint density at radius 1 is 1.30 bits per heavy atom. The highest BCUT2D eigenvalue weighted by Crippen LogP contribution is 2.33. The quantitative estimate of drug-likeness (QED) is 0.852. The smallest absolute Gasteiger partial charge is 0.308 e. The molecule has 6 nitrogen and oxygen atoms in total. The van der Waals surface area contributed by atoms with Gasteiger partial charge < -0.3 is 10.0 Å². The summed E-state index contributed by atoms with van der Waals surface area (Å²) < 4.78 is 1.93. The second kappa shape index (κ2) is 6.83. The maximum Gasteiger partial charge on any atom is 0.308 e. The first-order chi connectivity index (χ1) is 13.0. The summed E-state index contributed by atoms with van der Waals surface area (Å²) in [5, 5.41) is 14.0. The molecule has 1 saturated carbocycles. The molecule has 0 bridgehead atoms. The third-order valence-corrected chi connectivity index (χ3v) is 5.62. The molecule has 1 heterocycles. The average Bonchev–Trinajstić information content (AvgIpc) is 3.25. The second-order valence-corrected chi connectivity index (χ2v) is 7.75. The van der Waals surface area contributed by atoms with Crippen molar-refractivity contribution in [1.82, 2.24) is 14.7 Å². The van der Waals surface area contributed by atoms with E-state index in [-0.39, 0.29) is 18.5 Å². The second-order valence-electron chi connectivity index (χ2n) is 7.75. The fourth-order valence-corrected chi connectivity index (χ4v) is 3.90. The van der Waals surface area contributed by atoms with E-state index in [0.717, 1.165) is 54.6 Å². The van der Waals surface area contributed by atoms with Gasteiger partial charge in [-0.2, -0.15) is 5.10 Å². The molecule has 0 radical (unpaired) electrons. The van der Waals surface area contributed by atoms with Gasteiger partial charge >= 0.3 is 5.97 Å². The Hall–Kier alpha value is -2.63. The Labute approximate surface area is 158 Å². The molecule has 4 rings (SSSR count). The molecule has 1 aromatic heterocycles. The molecule has 142 valence electrons. The van der Waals surface area contributed by atoms with E-state index in [1.54, 1.807) is 11.8 Å². The van der Waals surface area contributed by atoms with Crippen molar-refractivity contribution in [2.45, 2.75) is 52.0 Å². The molecular formula is C21H25N3O3. The fourth-order valence-electron chi connectivity index (χ4n) is 3.90. The normalized spacial score (nSPS) is 16.8. The van der Waals surface area contributed by atoms with Crippen molar-refractivity contribution in [1.29, 1.82) is 0 Å². The molecule has 1 amide bonds. The Morgan fingerprint density at radius 3 is 2.70 bits per heavy atom. The lowest BCUT2D eigenvalue weighted by atomic mass is 10.1. The number of aryl methyl sites for hydroxylation is 1. The van der Waals surface area contributed by atoms with Gasteiger partial charge in [0.2, 0.25) is 0 Å². The minimum absolute atomic E-state index is 0.115. The minimum Gasteiger partial charge on any atom is -0.481 e. The number of nitrogens with zero attached hydrogens (tertiary/aromatic N) is 3. The number of carbonyl (C=O) groups is 2. The summed E-state index contributed by atoms with van der Waals surface area (Å²) >= 11 is 0. The van der Waals surface area contributed by atoms with E-state index in [2.05, 4.69) is 0 Å². The van der Waals surface area contributed by atoms with E-state index in [4.69, 9.17) is 5.10 Å². The average molecular weight is 367 g/mol. The van der Waals surface area contributed by atoms with Gasteiger partial charge in [-0.05, 0) is 50.7 Å². The van der Waals surface area contributed by atoms with Crippen LogP contribution in [0, 0.1) is 12.8 Å². The topological polar surface area (TPSA) is 75.4 Å². The van der Waals surface area contributed by atoms with Crippen molar-refractivity contribution in [3.8, 4) is 5.69 Å². The van der Waals surface area contributed by atoms with Crippen molar-refractivity contribution in [2.75, 3.05) is 6.54 Å². The number of para-hydroxylation sites is 1. The number of carboxylic acid groups (broad SMARTS) is 1. The number of aromatic nitrogens is 2. The zero-order valence-electron chi connectivity index (χ0n) is 15.8. The summed E-state index contributed by atoms with van der Waals surface area (Å²) in [6.45, 7) is 3.94. The van der Waals surface area contributed by atoms with Crippen molar-refractivity contribution < 1.29 is 14.7 Å². The van der Waals surface area contributed by atoms with Gasteiger partial charge in [0, 0.05) is 23.8 Å². The lowest BCUT2D eigenvalue weighted by Gasteiger charge is -2.24. The van der Waals surface area contributed by atoms with Crippen LogP contribution in [0.4, 0.5) is 0 Å². The van der Waals surface area contributed by atoms with Crippen molar-refractivity contribution in [2.24, 2.45) is 5.92 Å². The van der Waals surface area contributed by atoms with Crippen molar-refractivity contribution in [3.05, 3.63) is 46.8 Å². The molecule has 2 aliphatic rings. The van der Waals surface area contributed by atoms with Crippen LogP contribution in [-0.2, 0) is 17.6 Å². The van der Waals surface area contributed by atoms with Crippen LogP contribution in [-0.4, -0.2) is 44.3 Å². The molecule has 1 N–H and O–H groups in total. The minimum atomic E-state index is -0.871. The number of hydrogen-bond acceptors (Lipinski definition) is 3. The van der Waals surface area contributed by atoms with Gasteiger partial charge in [0.15, 0.2) is 5.69 Å². The van der Waals surface area contributed by atoms with E-state index in [9.17, 15) is 14.7 Å². The number of rotatable bonds is 6. The number of amides is 1. The maximum atomic E-state index is 13.3. The zero-order valence-corrected chi connectivity index (χ0v) is 15.8. The SMILES string of the molecule is Cc1ccccc1-n1nc(C(=O)N(CC(C)C(=O)O)C2CC2)c2c1CCC2. The van der Waals surface area contributed by atoms with Gasteiger partial charge in [-0.15, -0.1) is 0 Å². The molecule has 2 aliphatic carbocycles. The van der Waals surface area contributed by atoms with E-state index in [1.807, 2.05) is 35.9 Å². The van der Waals surface area contributed by atoms with Gasteiger partial charge in [-0.3, -0.25) is 9.59 Å². The standard InChI is InChI=1S/C21H25N3O3/c1-13-6-3-4-8-17(13)24-18-9-5-7-16(18)19(22-24)20(25)23(15-10-11-15)12-14(2)21(26)27/h3-4,6,8,14-15H,5,7,9-12H2,1-2H3,(H,26,27). The number of carbonyl (C=O) groups excluding carboxylic acids is 1. The van der Waals surface area contributed by atoms with Crippen LogP contribution in [0.2, 0.25) is 0 Å². The summed E-state index contributed by atoms with van der Waals surface area (Å²) in [6.07, 6.45) is 4.68. The van der Waals surface area contributed by atoms with Gasteiger partial charge in [-0.1, -0.05) is 25.1 Å². The predicted molar refractivity (Wildman–Crippen MR) is 101 cm³/mol. The lowest BCUT2D eigenvalue weighted by Crippen LogP contribution is -2.39. The first-order valence-electron chi connectivity index (χ1n) is 9.68. The highest BCUT2D eigenvalue weighted by atomic mass is 16.4. The highest BCUT2D eigenvalue weighted by Gasteiger charge is 2.38. The van der Waals surface area contributed by atoms with Gasteiger partial charge in [0.05, 0.1) is 11.6 Å². The van der Waals surface area contributed by atoms with Crippen LogP contribution < -0.4 is 0 Å². The summed E-state index contributed by atoms with van der Waals surface area (Å²) in [4.78, 5) is 26.4. The van der Waals surface area contributed by atoms with Crippen LogP contribution in [0.25, 0.3) is 5.69 Å². The Kier molecular flexibility index (Phi) is 4.50. The fraction of sp³-hybridized carbons (Fsp3) is 0.476.